The maximum Gasteiger partial charge on any atom is 0.412 e. The molecule has 5 heteroatoms. The van der Waals surface area contributed by atoms with Gasteiger partial charge >= 0.3 is 6.09 Å². The van der Waals surface area contributed by atoms with Gasteiger partial charge < -0.3 is 10.1 Å². The molecule has 1 aromatic carbocycles. The maximum absolute atomic E-state index is 11.8. The maximum atomic E-state index is 11.8. The van der Waals surface area contributed by atoms with Gasteiger partial charge in [0.25, 0.3) is 0 Å². The summed E-state index contributed by atoms with van der Waals surface area (Å²) in [4.78, 5) is 16.1. The van der Waals surface area contributed by atoms with E-state index in [4.69, 9.17) is 4.74 Å². The summed E-state index contributed by atoms with van der Waals surface area (Å²) in [6.07, 6.45) is 2.07. The smallest absolute Gasteiger partial charge is 0.412 e. The van der Waals surface area contributed by atoms with Crippen LogP contribution in [0.5, 0.6) is 0 Å². The number of aromatic nitrogens is 1. The molecule has 5 nitrogen and oxygen atoms in total. The van der Waals surface area contributed by atoms with Crippen LogP contribution in [-0.4, -0.2) is 16.7 Å². The number of carbonyl (C=O) groups is 1. The molecule has 128 valence electrons. The zero-order valence-electron chi connectivity index (χ0n) is 14.9. The highest BCUT2D eigenvalue weighted by molar-refractivity contribution is 5.84. The Morgan fingerprint density at radius 2 is 1.96 bits per heavy atom. The molecule has 0 aliphatic heterocycles. The van der Waals surface area contributed by atoms with Crippen molar-refractivity contribution in [2.75, 3.05) is 10.6 Å². The summed E-state index contributed by atoms with van der Waals surface area (Å²) in [5, 5.41) is 6.03. The van der Waals surface area contributed by atoms with Crippen LogP contribution in [-0.2, 0) is 11.2 Å². The highest BCUT2D eigenvalue weighted by atomic mass is 16.6. The lowest BCUT2D eigenvalue weighted by Crippen LogP contribution is -2.27. The van der Waals surface area contributed by atoms with Gasteiger partial charge in [0.1, 0.15) is 11.4 Å². The number of amides is 1. The molecule has 0 saturated heterocycles. The molecule has 24 heavy (non-hydrogen) atoms. The molecule has 0 fully saturated rings. The van der Waals surface area contributed by atoms with E-state index in [-0.39, 0.29) is 0 Å². The number of benzene rings is 1. The molecule has 0 spiro atoms. The minimum atomic E-state index is -0.527. The number of ether oxygens (including phenoxy) is 1. The molecule has 0 unspecified atom stereocenters. The van der Waals surface area contributed by atoms with E-state index in [1.807, 2.05) is 26.8 Å². The van der Waals surface area contributed by atoms with Crippen LogP contribution >= 0.6 is 0 Å². The molecule has 1 aromatic heterocycles. The van der Waals surface area contributed by atoms with Crippen LogP contribution in [0.15, 0.2) is 36.5 Å². The van der Waals surface area contributed by atoms with Gasteiger partial charge in [-0.3, -0.25) is 5.32 Å². The molecule has 0 atom stereocenters. The van der Waals surface area contributed by atoms with Crippen LogP contribution in [0.1, 0.15) is 38.8 Å². The summed E-state index contributed by atoms with van der Waals surface area (Å²) in [5.41, 5.74) is 3.57. The molecule has 0 aliphatic rings. The lowest BCUT2D eigenvalue weighted by Gasteiger charge is -2.19. The van der Waals surface area contributed by atoms with Crippen LogP contribution < -0.4 is 10.6 Å². The normalized spacial score (nSPS) is 11.0. The Morgan fingerprint density at radius 3 is 2.54 bits per heavy atom. The van der Waals surface area contributed by atoms with Crippen molar-refractivity contribution in [1.82, 2.24) is 4.98 Å². The average molecular weight is 327 g/mol. The summed E-state index contributed by atoms with van der Waals surface area (Å²) < 4.78 is 5.22. The van der Waals surface area contributed by atoms with Crippen molar-refractivity contribution in [3.8, 4) is 0 Å². The average Bonchev–Trinajstić information content (AvgIpc) is 2.49. The van der Waals surface area contributed by atoms with Gasteiger partial charge in [0.2, 0.25) is 0 Å². The number of aryl methyl sites for hydroxylation is 2. The van der Waals surface area contributed by atoms with Crippen molar-refractivity contribution in [2.45, 2.75) is 46.6 Å². The molecular formula is C19H25N3O2. The number of rotatable bonds is 4. The van der Waals surface area contributed by atoms with Gasteiger partial charge in [0, 0.05) is 5.69 Å². The van der Waals surface area contributed by atoms with Gasteiger partial charge in [0.05, 0.1) is 11.9 Å². The van der Waals surface area contributed by atoms with Gasteiger partial charge in [-0.05, 0) is 57.4 Å². The number of para-hydroxylation sites is 1. The minimum Gasteiger partial charge on any atom is -0.444 e. The van der Waals surface area contributed by atoms with Crippen LogP contribution in [0, 0.1) is 6.92 Å². The Kier molecular flexibility index (Phi) is 5.44. The standard InChI is InChI=1S/C19H25N3O2/c1-6-14-9-7-8-13(2)17(14)22-16-11-10-15(12-20-16)21-18(23)24-19(3,4)5/h7-12H,6H2,1-5H3,(H,20,22)(H,21,23). The Balaban J connectivity index is 2.07. The van der Waals surface area contributed by atoms with Crippen molar-refractivity contribution in [3.05, 3.63) is 47.7 Å². The second-order valence-corrected chi connectivity index (χ2v) is 6.65. The third-order valence-corrected chi connectivity index (χ3v) is 3.40. The van der Waals surface area contributed by atoms with Gasteiger partial charge in [-0.15, -0.1) is 0 Å². The number of nitrogens with zero attached hydrogens (tertiary/aromatic N) is 1. The largest absolute Gasteiger partial charge is 0.444 e. The first kappa shape index (κ1) is 17.8. The van der Waals surface area contributed by atoms with Crippen molar-refractivity contribution >= 4 is 23.3 Å². The fourth-order valence-electron chi connectivity index (χ4n) is 2.29. The molecule has 2 rings (SSSR count). The monoisotopic (exact) mass is 327 g/mol. The summed E-state index contributed by atoms with van der Waals surface area (Å²) in [6.45, 7) is 9.67. The second-order valence-electron chi connectivity index (χ2n) is 6.65. The number of anilines is 3. The third kappa shape index (κ3) is 4.98. The van der Waals surface area contributed by atoms with Crippen molar-refractivity contribution in [1.29, 1.82) is 0 Å². The Hall–Kier alpha value is -2.56. The van der Waals surface area contributed by atoms with Crippen LogP contribution in [0.4, 0.5) is 22.0 Å². The van der Waals surface area contributed by atoms with Gasteiger partial charge in [-0.1, -0.05) is 25.1 Å². The number of hydrogen-bond donors (Lipinski definition) is 2. The summed E-state index contributed by atoms with van der Waals surface area (Å²) in [7, 11) is 0. The molecule has 0 radical (unpaired) electrons. The third-order valence-electron chi connectivity index (χ3n) is 3.40. The lowest BCUT2D eigenvalue weighted by atomic mass is 10.1. The molecule has 1 amide bonds. The summed E-state index contributed by atoms with van der Waals surface area (Å²) in [6, 6.07) is 9.86. The SMILES string of the molecule is CCc1cccc(C)c1Nc1ccc(NC(=O)OC(C)(C)C)cn1. The quantitative estimate of drug-likeness (QED) is 0.825. The van der Waals surface area contributed by atoms with E-state index in [0.29, 0.717) is 5.69 Å². The van der Waals surface area contributed by atoms with Crippen LogP contribution in [0.2, 0.25) is 0 Å². The summed E-state index contributed by atoms with van der Waals surface area (Å²) >= 11 is 0. The molecule has 0 aliphatic carbocycles. The molecule has 1 heterocycles. The molecule has 0 bridgehead atoms. The molecule has 0 saturated carbocycles. The molecular weight excluding hydrogens is 302 g/mol. The highest BCUT2D eigenvalue weighted by Gasteiger charge is 2.16. The Labute approximate surface area is 143 Å². The predicted molar refractivity (Wildman–Crippen MR) is 97.9 cm³/mol. The first-order valence-electron chi connectivity index (χ1n) is 8.10. The zero-order chi connectivity index (χ0) is 17.7. The Bertz CT molecular complexity index is 704. The first-order chi connectivity index (χ1) is 11.3. The highest BCUT2D eigenvalue weighted by Crippen LogP contribution is 2.25. The molecule has 2 aromatic rings. The zero-order valence-corrected chi connectivity index (χ0v) is 14.9. The second kappa shape index (κ2) is 7.34. The van der Waals surface area contributed by atoms with E-state index < -0.39 is 11.7 Å². The van der Waals surface area contributed by atoms with E-state index in [9.17, 15) is 4.79 Å². The summed E-state index contributed by atoms with van der Waals surface area (Å²) in [5.74, 6) is 0.730. The fraction of sp³-hybridized carbons (Fsp3) is 0.368. The molecule has 2 N–H and O–H groups in total. The van der Waals surface area contributed by atoms with Gasteiger partial charge in [-0.2, -0.15) is 0 Å². The van der Waals surface area contributed by atoms with E-state index in [2.05, 4.69) is 47.7 Å². The number of nitrogens with one attached hydrogen (secondary N) is 2. The van der Waals surface area contributed by atoms with Crippen molar-refractivity contribution in [3.63, 3.8) is 0 Å². The van der Waals surface area contributed by atoms with Crippen molar-refractivity contribution in [2.24, 2.45) is 0 Å². The number of carbonyl (C=O) groups excluding carboxylic acids is 1. The number of hydrogen-bond acceptors (Lipinski definition) is 4. The van der Waals surface area contributed by atoms with Crippen LogP contribution in [0.25, 0.3) is 0 Å². The van der Waals surface area contributed by atoms with E-state index in [0.717, 1.165) is 17.9 Å². The first-order valence-corrected chi connectivity index (χ1v) is 8.10. The van der Waals surface area contributed by atoms with E-state index in [1.165, 1.54) is 11.1 Å². The Morgan fingerprint density at radius 1 is 1.21 bits per heavy atom. The van der Waals surface area contributed by atoms with Gasteiger partial charge in [0.15, 0.2) is 0 Å². The fourth-order valence-corrected chi connectivity index (χ4v) is 2.29. The lowest BCUT2D eigenvalue weighted by molar-refractivity contribution is 0.0636. The van der Waals surface area contributed by atoms with E-state index >= 15 is 0 Å². The van der Waals surface area contributed by atoms with Crippen molar-refractivity contribution < 1.29 is 9.53 Å². The number of pyridine rings is 1. The topological polar surface area (TPSA) is 63.2 Å². The van der Waals surface area contributed by atoms with Crippen LogP contribution in [0.3, 0.4) is 0 Å². The minimum absolute atomic E-state index is 0.489. The van der Waals surface area contributed by atoms with Gasteiger partial charge in [-0.25, -0.2) is 9.78 Å². The van der Waals surface area contributed by atoms with E-state index in [1.54, 1.807) is 12.3 Å². The predicted octanol–water partition coefficient (Wildman–Crippen LogP) is 5.04.